The first kappa shape index (κ1) is 21.7. The van der Waals surface area contributed by atoms with Crippen molar-refractivity contribution < 1.29 is 9.47 Å². The lowest BCUT2D eigenvalue weighted by molar-refractivity contribution is 0.270. The maximum Gasteiger partial charge on any atom is 0.191 e. The minimum absolute atomic E-state index is 0. The molecule has 0 radical (unpaired) electrons. The molecule has 0 saturated carbocycles. The van der Waals surface area contributed by atoms with Crippen LogP contribution in [0.15, 0.2) is 23.2 Å². The van der Waals surface area contributed by atoms with E-state index in [4.69, 9.17) is 15.2 Å². The average molecular weight is 486 g/mol. The van der Waals surface area contributed by atoms with Gasteiger partial charge in [-0.25, -0.2) is 0 Å². The lowest BCUT2D eigenvalue weighted by atomic mass is 10.0. The molecule has 27 heavy (non-hydrogen) atoms. The number of aliphatic imine (C=N–C) groups is 1. The molecule has 3 N–H and O–H groups in total. The Labute approximate surface area is 178 Å². The van der Waals surface area contributed by atoms with Crippen LogP contribution < -0.4 is 15.2 Å². The molecule has 2 aromatic rings. The van der Waals surface area contributed by atoms with E-state index in [1.807, 2.05) is 12.1 Å². The second-order valence-electron chi connectivity index (χ2n) is 7.12. The second kappa shape index (κ2) is 10.1. The Morgan fingerprint density at radius 2 is 2.11 bits per heavy atom. The van der Waals surface area contributed by atoms with E-state index in [1.165, 1.54) is 18.5 Å². The molecule has 1 saturated heterocycles. The van der Waals surface area contributed by atoms with Crippen molar-refractivity contribution in [2.24, 2.45) is 16.6 Å². The van der Waals surface area contributed by atoms with Gasteiger partial charge in [-0.15, -0.1) is 24.0 Å². The number of methoxy groups -OCH3 is 2. The van der Waals surface area contributed by atoms with E-state index < -0.39 is 0 Å². The van der Waals surface area contributed by atoms with Gasteiger partial charge in [-0.2, -0.15) is 0 Å². The Kier molecular flexibility index (Phi) is 8.07. The molecule has 2 heterocycles. The largest absolute Gasteiger partial charge is 0.497 e. The molecule has 0 amide bonds. The molecule has 1 aliphatic heterocycles. The summed E-state index contributed by atoms with van der Waals surface area (Å²) in [5.41, 5.74) is 8.36. The van der Waals surface area contributed by atoms with E-state index in [0.29, 0.717) is 11.9 Å². The van der Waals surface area contributed by atoms with Gasteiger partial charge in [-0.1, -0.05) is 6.92 Å². The highest BCUT2D eigenvalue weighted by atomic mass is 127. The summed E-state index contributed by atoms with van der Waals surface area (Å²) in [5, 5.41) is 1.08. The molecular formula is C20H31IN4O2. The number of benzene rings is 1. The van der Waals surface area contributed by atoms with Crippen LogP contribution in [0.2, 0.25) is 0 Å². The van der Waals surface area contributed by atoms with E-state index in [2.05, 4.69) is 27.9 Å². The number of H-pyrrole nitrogens is 1. The summed E-state index contributed by atoms with van der Waals surface area (Å²) in [4.78, 5) is 10.2. The average Bonchev–Trinajstić information content (AvgIpc) is 3.06. The Morgan fingerprint density at radius 3 is 2.81 bits per heavy atom. The number of halogens is 1. The summed E-state index contributed by atoms with van der Waals surface area (Å²) >= 11 is 0. The van der Waals surface area contributed by atoms with E-state index in [1.54, 1.807) is 14.2 Å². The third-order valence-corrected chi connectivity index (χ3v) is 5.04. The van der Waals surface area contributed by atoms with Crippen LogP contribution in [0.25, 0.3) is 10.9 Å². The van der Waals surface area contributed by atoms with Gasteiger partial charge in [0.1, 0.15) is 11.5 Å². The van der Waals surface area contributed by atoms with Crippen LogP contribution in [0.4, 0.5) is 0 Å². The van der Waals surface area contributed by atoms with E-state index >= 15 is 0 Å². The normalized spacial score (nSPS) is 17.7. The second-order valence-corrected chi connectivity index (χ2v) is 7.12. The summed E-state index contributed by atoms with van der Waals surface area (Å²) in [6.07, 6.45) is 4.37. The van der Waals surface area contributed by atoms with Crippen molar-refractivity contribution in [1.29, 1.82) is 0 Å². The lowest BCUT2D eigenvalue weighted by Gasteiger charge is -2.31. The Morgan fingerprint density at radius 1 is 1.30 bits per heavy atom. The lowest BCUT2D eigenvalue weighted by Crippen LogP contribution is -2.43. The van der Waals surface area contributed by atoms with Gasteiger partial charge < -0.3 is 25.1 Å². The van der Waals surface area contributed by atoms with Crippen LogP contribution in [0.3, 0.4) is 0 Å². The number of nitrogens with zero attached hydrogens (tertiary/aromatic N) is 2. The number of nitrogens with one attached hydrogen (secondary N) is 1. The van der Waals surface area contributed by atoms with Crippen LogP contribution in [-0.4, -0.2) is 49.7 Å². The van der Waals surface area contributed by atoms with E-state index in [9.17, 15) is 0 Å². The van der Waals surface area contributed by atoms with Gasteiger partial charge in [0.2, 0.25) is 0 Å². The molecule has 150 valence electrons. The number of nitrogens with two attached hydrogens (primary N) is 1. The highest BCUT2D eigenvalue weighted by molar-refractivity contribution is 14.0. The quantitative estimate of drug-likeness (QED) is 0.282. The number of hydrogen-bond acceptors (Lipinski definition) is 3. The van der Waals surface area contributed by atoms with E-state index in [-0.39, 0.29) is 24.0 Å². The predicted octanol–water partition coefficient (Wildman–Crippen LogP) is 3.78. The van der Waals surface area contributed by atoms with Gasteiger partial charge in [0.25, 0.3) is 0 Å². The monoisotopic (exact) mass is 486 g/mol. The minimum atomic E-state index is 0. The van der Waals surface area contributed by atoms with Crippen LogP contribution in [0, 0.1) is 5.92 Å². The zero-order valence-electron chi connectivity index (χ0n) is 16.5. The highest BCUT2D eigenvalue weighted by Gasteiger charge is 2.17. The van der Waals surface area contributed by atoms with Crippen molar-refractivity contribution in [3.8, 4) is 11.5 Å². The molecule has 1 fully saturated rings. The van der Waals surface area contributed by atoms with Crippen molar-refractivity contribution in [2.75, 3.05) is 33.9 Å². The summed E-state index contributed by atoms with van der Waals surface area (Å²) in [6.45, 7) is 5.08. The maximum absolute atomic E-state index is 6.16. The standard InChI is InChI=1S/C20H30N4O2.HI/c1-14-6-5-9-24(13-14)20(21)22-8-4-7-15-10-17-18(23-15)11-16(25-2)12-19(17)26-3;/h10-12,14,23H,4-9,13H2,1-3H3,(H2,21,22);1H. The molecule has 7 heteroatoms. The summed E-state index contributed by atoms with van der Waals surface area (Å²) in [6, 6.07) is 6.05. The van der Waals surface area contributed by atoms with Crippen LogP contribution in [0.5, 0.6) is 11.5 Å². The fourth-order valence-electron chi connectivity index (χ4n) is 3.62. The van der Waals surface area contributed by atoms with Crippen LogP contribution >= 0.6 is 24.0 Å². The highest BCUT2D eigenvalue weighted by Crippen LogP contribution is 2.31. The molecular weight excluding hydrogens is 455 g/mol. The first-order chi connectivity index (χ1) is 12.6. The predicted molar refractivity (Wildman–Crippen MR) is 122 cm³/mol. The summed E-state index contributed by atoms with van der Waals surface area (Å²) < 4.78 is 10.8. The van der Waals surface area contributed by atoms with E-state index in [0.717, 1.165) is 54.9 Å². The van der Waals surface area contributed by atoms with Gasteiger partial charge in [0.05, 0.1) is 19.7 Å². The molecule has 0 aliphatic carbocycles. The number of piperidine rings is 1. The van der Waals surface area contributed by atoms with Crippen LogP contribution in [0.1, 0.15) is 31.9 Å². The Bertz CT molecular complexity index is 775. The van der Waals surface area contributed by atoms with Crippen molar-refractivity contribution in [1.82, 2.24) is 9.88 Å². The van der Waals surface area contributed by atoms with Crippen LogP contribution in [-0.2, 0) is 6.42 Å². The Hall–Kier alpha value is -1.64. The molecule has 1 unspecified atom stereocenters. The fraction of sp³-hybridized carbons (Fsp3) is 0.550. The first-order valence-electron chi connectivity index (χ1n) is 9.39. The summed E-state index contributed by atoms with van der Waals surface area (Å²) in [7, 11) is 3.34. The molecule has 1 aromatic carbocycles. The zero-order chi connectivity index (χ0) is 18.5. The number of rotatable bonds is 6. The zero-order valence-corrected chi connectivity index (χ0v) is 18.8. The van der Waals surface area contributed by atoms with Gasteiger partial charge in [0, 0.05) is 42.8 Å². The SMILES string of the molecule is COc1cc(OC)c2cc(CCCN=C(N)N3CCCC(C)C3)[nH]c2c1.I. The van der Waals surface area contributed by atoms with Gasteiger partial charge in [-0.3, -0.25) is 4.99 Å². The molecule has 3 rings (SSSR count). The molecule has 0 spiro atoms. The third-order valence-electron chi connectivity index (χ3n) is 5.04. The van der Waals surface area contributed by atoms with Gasteiger partial charge >= 0.3 is 0 Å². The molecule has 1 aliphatic rings. The topological polar surface area (TPSA) is 75.9 Å². The number of fused-ring (bicyclic) bond motifs is 1. The first-order valence-corrected chi connectivity index (χ1v) is 9.39. The summed E-state index contributed by atoms with van der Waals surface area (Å²) in [5.74, 6) is 3.01. The smallest absolute Gasteiger partial charge is 0.191 e. The van der Waals surface area contributed by atoms with Crippen molar-refractivity contribution in [3.05, 3.63) is 23.9 Å². The molecule has 0 bridgehead atoms. The third kappa shape index (κ3) is 5.43. The van der Waals surface area contributed by atoms with Crippen molar-refractivity contribution in [2.45, 2.75) is 32.6 Å². The number of likely N-dealkylation sites (tertiary alicyclic amines) is 1. The fourth-order valence-corrected chi connectivity index (χ4v) is 3.62. The van der Waals surface area contributed by atoms with Gasteiger partial charge in [0.15, 0.2) is 5.96 Å². The number of aromatic amines is 1. The minimum Gasteiger partial charge on any atom is -0.497 e. The number of ether oxygens (including phenoxy) is 2. The molecule has 1 atom stereocenters. The molecule has 1 aromatic heterocycles. The maximum atomic E-state index is 6.16. The Balaban J connectivity index is 0.00000261. The van der Waals surface area contributed by atoms with Gasteiger partial charge in [-0.05, 0) is 37.7 Å². The number of aryl methyl sites for hydroxylation is 1. The number of aromatic nitrogens is 1. The number of hydrogen-bond donors (Lipinski definition) is 2. The molecule has 6 nitrogen and oxygen atoms in total. The van der Waals surface area contributed by atoms with Crippen molar-refractivity contribution >= 4 is 40.8 Å². The van der Waals surface area contributed by atoms with Crippen molar-refractivity contribution in [3.63, 3.8) is 0 Å². The number of guanidine groups is 1.